The molecule has 160 valence electrons. The number of thioether (sulfide) groups is 1. The predicted molar refractivity (Wildman–Crippen MR) is 114 cm³/mol. The maximum absolute atomic E-state index is 12.9. The maximum Gasteiger partial charge on any atom is 0.277 e. The van der Waals surface area contributed by atoms with E-state index in [1.54, 1.807) is 4.90 Å². The molecule has 2 saturated heterocycles. The van der Waals surface area contributed by atoms with Gasteiger partial charge < -0.3 is 14.2 Å². The summed E-state index contributed by atoms with van der Waals surface area (Å²) in [6.45, 7) is 4.57. The molecule has 0 spiro atoms. The van der Waals surface area contributed by atoms with Crippen molar-refractivity contribution in [3.8, 4) is 0 Å². The highest BCUT2D eigenvalue weighted by molar-refractivity contribution is 8.00. The number of hydrogen-bond donors (Lipinski definition) is 0. The molecule has 7 nitrogen and oxygen atoms in total. The van der Waals surface area contributed by atoms with Crippen molar-refractivity contribution < 1.29 is 14.0 Å². The number of nitrogens with zero attached hydrogens (tertiary/aromatic N) is 4. The molecule has 2 aliphatic heterocycles. The van der Waals surface area contributed by atoms with Gasteiger partial charge in [-0.25, -0.2) is 0 Å². The Kier molecular flexibility index (Phi) is 6.72. The number of aromatic nitrogens is 2. The second kappa shape index (κ2) is 9.64. The van der Waals surface area contributed by atoms with Gasteiger partial charge in [-0.3, -0.25) is 9.59 Å². The van der Waals surface area contributed by atoms with E-state index in [0.29, 0.717) is 30.0 Å². The van der Waals surface area contributed by atoms with Crippen LogP contribution in [0.25, 0.3) is 0 Å². The van der Waals surface area contributed by atoms with E-state index in [2.05, 4.69) is 34.5 Å². The standard InChI is InChI=1S/C22H28N4O3S/c1-16(30-22-24-23-19(29-22)15-26-11-5-8-20(26)27)21(28)25-12-9-18(10-13-25)14-17-6-3-2-4-7-17/h2-4,6-7,16,18H,5,8-15H2,1H3/t16-/m0/s1. The van der Waals surface area contributed by atoms with Gasteiger partial charge in [-0.1, -0.05) is 42.1 Å². The molecule has 0 bridgehead atoms. The lowest BCUT2D eigenvalue weighted by molar-refractivity contribution is -0.131. The molecular formula is C22H28N4O3S. The summed E-state index contributed by atoms with van der Waals surface area (Å²) in [6, 6.07) is 10.6. The van der Waals surface area contributed by atoms with Crippen molar-refractivity contribution in [3.05, 3.63) is 41.8 Å². The highest BCUT2D eigenvalue weighted by atomic mass is 32.2. The summed E-state index contributed by atoms with van der Waals surface area (Å²) < 4.78 is 5.66. The van der Waals surface area contributed by atoms with Crippen LogP contribution in [-0.4, -0.2) is 56.7 Å². The minimum absolute atomic E-state index is 0.118. The minimum atomic E-state index is -0.280. The van der Waals surface area contributed by atoms with Gasteiger partial charge in [0.25, 0.3) is 5.22 Å². The molecule has 8 heteroatoms. The average molecular weight is 429 g/mol. The first kappa shape index (κ1) is 20.9. The van der Waals surface area contributed by atoms with Crippen LogP contribution in [0.3, 0.4) is 0 Å². The summed E-state index contributed by atoms with van der Waals surface area (Å²) in [6.07, 6.45) is 4.61. The highest BCUT2D eigenvalue weighted by Crippen LogP contribution is 2.27. The molecule has 2 fully saturated rings. The van der Waals surface area contributed by atoms with Gasteiger partial charge in [0.05, 0.1) is 11.8 Å². The third kappa shape index (κ3) is 5.22. The molecule has 2 aromatic rings. The molecule has 3 heterocycles. The summed E-state index contributed by atoms with van der Waals surface area (Å²) in [5, 5.41) is 8.19. The van der Waals surface area contributed by atoms with E-state index >= 15 is 0 Å². The topological polar surface area (TPSA) is 79.5 Å². The summed E-state index contributed by atoms with van der Waals surface area (Å²) >= 11 is 1.29. The Labute approximate surface area is 181 Å². The largest absolute Gasteiger partial charge is 0.414 e. The van der Waals surface area contributed by atoms with Crippen LogP contribution in [0, 0.1) is 5.92 Å². The Morgan fingerprint density at radius 2 is 1.97 bits per heavy atom. The first-order valence-corrected chi connectivity index (χ1v) is 11.6. The number of hydrogen-bond acceptors (Lipinski definition) is 6. The van der Waals surface area contributed by atoms with Gasteiger partial charge in [-0.05, 0) is 44.1 Å². The maximum atomic E-state index is 12.9. The monoisotopic (exact) mass is 428 g/mol. The van der Waals surface area contributed by atoms with Gasteiger partial charge in [0.1, 0.15) is 0 Å². The Bertz CT molecular complexity index is 864. The zero-order valence-electron chi connectivity index (χ0n) is 17.3. The normalized spacial score (nSPS) is 18.8. The van der Waals surface area contributed by atoms with E-state index in [1.165, 1.54) is 17.3 Å². The second-order valence-electron chi connectivity index (χ2n) is 8.10. The van der Waals surface area contributed by atoms with Crippen molar-refractivity contribution in [1.82, 2.24) is 20.0 Å². The fourth-order valence-electron chi connectivity index (χ4n) is 4.15. The lowest BCUT2D eigenvalue weighted by Gasteiger charge is -2.33. The van der Waals surface area contributed by atoms with Crippen molar-refractivity contribution in [2.24, 2.45) is 5.92 Å². The number of likely N-dealkylation sites (tertiary alicyclic amines) is 2. The first-order chi connectivity index (χ1) is 14.6. The van der Waals surface area contributed by atoms with Gasteiger partial charge >= 0.3 is 0 Å². The molecule has 1 atom stereocenters. The van der Waals surface area contributed by atoms with Crippen LogP contribution in [0.4, 0.5) is 0 Å². The lowest BCUT2D eigenvalue weighted by atomic mass is 9.90. The van der Waals surface area contributed by atoms with E-state index in [0.717, 1.165) is 45.3 Å². The van der Waals surface area contributed by atoms with E-state index in [1.807, 2.05) is 17.9 Å². The molecule has 30 heavy (non-hydrogen) atoms. The number of piperidine rings is 1. The molecular weight excluding hydrogens is 400 g/mol. The molecule has 0 aliphatic carbocycles. The van der Waals surface area contributed by atoms with Crippen LogP contribution in [0.5, 0.6) is 0 Å². The molecule has 0 radical (unpaired) electrons. The third-order valence-corrected chi connectivity index (χ3v) is 6.79. The fourth-order valence-corrected chi connectivity index (χ4v) is 4.93. The van der Waals surface area contributed by atoms with E-state index < -0.39 is 0 Å². The van der Waals surface area contributed by atoms with Gasteiger partial charge in [-0.15, -0.1) is 10.2 Å². The smallest absolute Gasteiger partial charge is 0.277 e. The summed E-state index contributed by atoms with van der Waals surface area (Å²) in [4.78, 5) is 28.3. The molecule has 1 aromatic heterocycles. The number of amides is 2. The van der Waals surface area contributed by atoms with Crippen LogP contribution >= 0.6 is 11.8 Å². The molecule has 0 unspecified atom stereocenters. The number of carbonyl (C=O) groups is 2. The van der Waals surface area contributed by atoms with Crippen molar-refractivity contribution in [2.45, 2.75) is 56.0 Å². The fraction of sp³-hybridized carbons (Fsp3) is 0.545. The van der Waals surface area contributed by atoms with Crippen molar-refractivity contribution in [2.75, 3.05) is 19.6 Å². The van der Waals surface area contributed by atoms with Crippen LogP contribution in [0.1, 0.15) is 44.1 Å². The second-order valence-corrected chi connectivity index (χ2v) is 9.39. The van der Waals surface area contributed by atoms with Crippen molar-refractivity contribution in [3.63, 3.8) is 0 Å². The van der Waals surface area contributed by atoms with E-state index in [-0.39, 0.29) is 17.1 Å². The van der Waals surface area contributed by atoms with Gasteiger partial charge in [-0.2, -0.15) is 0 Å². The van der Waals surface area contributed by atoms with Crippen LogP contribution in [0.2, 0.25) is 0 Å². The number of benzene rings is 1. The van der Waals surface area contributed by atoms with Crippen molar-refractivity contribution >= 4 is 23.6 Å². The Balaban J connectivity index is 1.24. The molecule has 1 aromatic carbocycles. The first-order valence-electron chi connectivity index (χ1n) is 10.7. The molecule has 0 N–H and O–H groups in total. The lowest BCUT2D eigenvalue weighted by Crippen LogP contribution is -2.42. The Morgan fingerprint density at radius 3 is 2.67 bits per heavy atom. The molecule has 2 amide bonds. The zero-order chi connectivity index (χ0) is 20.9. The third-order valence-electron chi connectivity index (χ3n) is 5.86. The molecule has 0 saturated carbocycles. The number of rotatable bonds is 7. The zero-order valence-corrected chi connectivity index (χ0v) is 18.1. The van der Waals surface area contributed by atoms with Gasteiger partial charge in [0.2, 0.25) is 17.7 Å². The molecule has 2 aliphatic rings. The van der Waals surface area contributed by atoms with E-state index in [9.17, 15) is 9.59 Å². The quantitative estimate of drug-likeness (QED) is 0.631. The van der Waals surface area contributed by atoms with Gasteiger partial charge in [0.15, 0.2) is 0 Å². The SMILES string of the molecule is C[C@H](Sc1nnc(CN2CCCC2=O)o1)C(=O)N1CCC(Cc2ccccc2)CC1. The summed E-state index contributed by atoms with van der Waals surface area (Å²) in [7, 11) is 0. The van der Waals surface area contributed by atoms with Crippen LogP contribution in [-0.2, 0) is 22.6 Å². The van der Waals surface area contributed by atoms with Crippen LogP contribution < -0.4 is 0 Å². The highest BCUT2D eigenvalue weighted by Gasteiger charge is 2.28. The van der Waals surface area contributed by atoms with Gasteiger partial charge in [0, 0.05) is 26.1 Å². The summed E-state index contributed by atoms with van der Waals surface area (Å²) in [5.41, 5.74) is 1.37. The Morgan fingerprint density at radius 1 is 1.20 bits per heavy atom. The predicted octanol–water partition coefficient (Wildman–Crippen LogP) is 3.15. The average Bonchev–Trinajstić information content (AvgIpc) is 3.38. The number of carbonyl (C=O) groups excluding carboxylic acids is 2. The Hall–Kier alpha value is -2.35. The van der Waals surface area contributed by atoms with Crippen molar-refractivity contribution in [1.29, 1.82) is 0 Å². The minimum Gasteiger partial charge on any atom is -0.414 e. The van der Waals surface area contributed by atoms with Crippen LogP contribution in [0.15, 0.2) is 40.0 Å². The van der Waals surface area contributed by atoms with E-state index in [4.69, 9.17) is 4.42 Å². The summed E-state index contributed by atoms with van der Waals surface area (Å²) in [5.74, 6) is 1.30. The molecule has 4 rings (SSSR count).